The summed E-state index contributed by atoms with van der Waals surface area (Å²) in [6, 6.07) is 12.8. The van der Waals surface area contributed by atoms with E-state index < -0.39 is 0 Å². The van der Waals surface area contributed by atoms with Gasteiger partial charge in [-0.05, 0) is 48.0 Å². The largest absolute Gasteiger partial charge is 0.493 e. The number of benzene rings is 2. The van der Waals surface area contributed by atoms with Crippen molar-refractivity contribution < 1.29 is 14.2 Å². The molecule has 5 heteroatoms. The van der Waals surface area contributed by atoms with Gasteiger partial charge in [-0.1, -0.05) is 24.3 Å². The molecule has 2 aromatic rings. The number of allylic oxidation sites excluding steroid dienone is 1. The van der Waals surface area contributed by atoms with Crippen molar-refractivity contribution in [3.63, 3.8) is 0 Å². The van der Waals surface area contributed by atoms with Crippen LogP contribution in [0.3, 0.4) is 0 Å². The molecule has 0 amide bonds. The molecule has 0 saturated heterocycles. The summed E-state index contributed by atoms with van der Waals surface area (Å²) in [6.07, 6.45) is 3.38. The van der Waals surface area contributed by atoms with Crippen molar-refractivity contribution in [3.05, 3.63) is 65.2 Å². The number of halogens is 1. The first-order chi connectivity index (χ1) is 12.1. The third-order valence-corrected chi connectivity index (χ3v) is 3.68. The van der Waals surface area contributed by atoms with Crippen molar-refractivity contribution in [1.82, 2.24) is 0 Å². The Hall–Kier alpha value is -2.90. The lowest BCUT2D eigenvalue weighted by Gasteiger charge is -2.10. The zero-order valence-electron chi connectivity index (χ0n) is 14.1. The van der Waals surface area contributed by atoms with Crippen LogP contribution in [0.2, 0.25) is 5.02 Å². The Morgan fingerprint density at radius 1 is 1.12 bits per heavy atom. The summed E-state index contributed by atoms with van der Waals surface area (Å²) < 4.78 is 16.2. The summed E-state index contributed by atoms with van der Waals surface area (Å²) in [5.74, 6) is 1.77. The van der Waals surface area contributed by atoms with Crippen LogP contribution in [0.15, 0.2) is 49.1 Å². The lowest BCUT2D eigenvalue weighted by molar-refractivity contribution is 0.355. The van der Waals surface area contributed by atoms with Crippen LogP contribution in [0.5, 0.6) is 17.2 Å². The Balaban J connectivity index is 2.49. The molecule has 0 aromatic heterocycles. The van der Waals surface area contributed by atoms with Crippen LogP contribution >= 0.6 is 11.6 Å². The van der Waals surface area contributed by atoms with E-state index in [0.717, 1.165) is 0 Å². The summed E-state index contributed by atoms with van der Waals surface area (Å²) in [4.78, 5) is 0. The van der Waals surface area contributed by atoms with Gasteiger partial charge in [0.25, 0.3) is 0 Å². The molecule has 0 aliphatic rings. The topological polar surface area (TPSA) is 51.5 Å². The van der Waals surface area contributed by atoms with Crippen molar-refractivity contribution in [2.45, 2.75) is 0 Å². The molecule has 0 saturated carbocycles. The minimum atomic E-state index is 0.362. The number of nitrogens with zero attached hydrogens (tertiary/aromatic N) is 1. The van der Waals surface area contributed by atoms with Gasteiger partial charge in [-0.25, -0.2) is 0 Å². The highest BCUT2D eigenvalue weighted by Gasteiger charge is 2.10. The molecule has 0 heterocycles. The Morgan fingerprint density at radius 2 is 1.84 bits per heavy atom. The highest BCUT2D eigenvalue weighted by molar-refractivity contribution is 6.30. The van der Waals surface area contributed by atoms with Crippen LogP contribution in [0.25, 0.3) is 11.6 Å². The second kappa shape index (κ2) is 8.81. The number of methoxy groups -OCH3 is 2. The first-order valence-electron chi connectivity index (χ1n) is 7.50. The van der Waals surface area contributed by atoms with Gasteiger partial charge < -0.3 is 14.2 Å². The van der Waals surface area contributed by atoms with E-state index in [0.29, 0.717) is 45.6 Å². The highest BCUT2D eigenvalue weighted by atomic mass is 35.5. The number of rotatable bonds is 7. The average molecular weight is 356 g/mol. The third kappa shape index (κ3) is 4.56. The molecule has 25 heavy (non-hydrogen) atoms. The fourth-order valence-corrected chi connectivity index (χ4v) is 2.43. The van der Waals surface area contributed by atoms with Crippen LogP contribution in [0.1, 0.15) is 11.1 Å². The van der Waals surface area contributed by atoms with Crippen LogP contribution in [0.4, 0.5) is 0 Å². The molecule has 0 radical (unpaired) electrons. The van der Waals surface area contributed by atoms with Gasteiger partial charge in [0, 0.05) is 10.6 Å². The average Bonchev–Trinajstić information content (AvgIpc) is 2.64. The maximum absolute atomic E-state index is 9.59. The van der Waals surface area contributed by atoms with Crippen molar-refractivity contribution >= 4 is 23.3 Å². The minimum Gasteiger partial charge on any atom is -0.493 e. The SMILES string of the molecule is C=CCOc1ccc(Cl)cc1/C=C(\C#N)c1ccc(OC)c(OC)c1. The summed E-state index contributed by atoms with van der Waals surface area (Å²) in [5.41, 5.74) is 1.86. The second-order valence-corrected chi connectivity index (χ2v) is 5.46. The first kappa shape index (κ1) is 18.4. The molecule has 0 spiro atoms. The lowest BCUT2D eigenvalue weighted by atomic mass is 10.0. The monoisotopic (exact) mass is 355 g/mol. The van der Waals surface area contributed by atoms with Crippen LogP contribution in [-0.4, -0.2) is 20.8 Å². The van der Waals surface area contributed by atoms with Gasteiger partial charge in [0.2, 0.25) is 0 Å². The summed E-state index contributed by atoms with van der Waals surface area (Å²) in [7, 11) is 3.11. The van der Waals surface area contributed by atoms with Gasteiger partial charge >= 0.3 is 0 Å². The number of hydrogen-bond acceptors (Lipinski definition) is 4. The van der Waals surface area contributed by atoms with E-state index in [1.54, 1.807) is 62.8 Å². The van der Waals surface area contributed by atoms with E-state index in [9.17, 15) is 5.26 Å². The van der Waals surface area contributed by atoms with Crippen molar-refractivity contribution in [3.8, 4) is 23.3 Å². The third-order valence-electron chi connectivity index (χ3n) is 3.44. The van der Waals surface area contributed by atoms with Gasteiger partial charge in [-0.3, -0.25) is 0 Å². The van der Waals surface area contributed by atoms with Crippen LogP contribution in [-0.2, 0) is 0 Å². The predicted molar refractivity (Wildman–Crippen MR) is 100 cm³/mol. The molecule has 128 valence electrons. The predicted octanol–water partition coefficient (Wildman–Crippen LogP) is 4.99. The number of ether oxygens (including phenoxy) is 3. The molecule has 2 rings (SSSR count). The Labute approximate surface area is 152 Å². The smallest absolute Gasteiger partial charge is 0.161 e. The van der Waals surface area contributed by atoms with E-state index in [1.807, 2.05) is 0 Å². The van der Waals surface area contributed by atoms with E-state index in [-0.39, 0.29) is 0 Å². The second-order valence-electron chi connectivity index (χ2n) is 5.02. The van der Waals surface area contributed by atoms with Gasteiger partial charge in [0.1, 0.15) is 12.4 Å². The zero-order valence-corrected chi connectivity index (χ0v) is 14.8. The number of nitriles is 1. The van der Waals surface area contributed by atoms with Gasteiger partial charge in [-0.15, -0.1) is 0 Å². The minimum absolute atomic E-state index is 0.362. The molecular formula is C20H18ClNO3. The van der Waals surface area contributed by atoms with E-state index >= 15 is 0 Å². The molecule has 4 nitrogen and oxygen atoms in total. The summed E-state index contributed by atoms with van der Waals surface area (Å²) in [6.45, 7) is 4.00. The quantitative estimate of drug-likeness (QED) is 0.399. The van der Waals surface area contributed by atoms with Gasteiger partial charge in [0.05, 0.1) is 25.9 Å². The van der Waals surface area contributed by atoms with Gasteiger partial charge in [0.15, 0.2) is 11.5 Å². The molecular weight excluding hydrogens is 338 g/mol. The normalized spacial score (nSPS) is 10.7. The Bertz CT molecular complexity index is 837. The molecule has 0 aliphatic heterocycles. The fraction of sp³-hybridized carbons (Fsp3) is 0.150. The van der Waals surface area contributed by atoms with E-state index in [1.165, 1.54) is 0 Å². The zero-order chi connectivity index (χ0) is 18.2. The van der Waals surface area contributed by atoms with Crippen molar-refractivity contribution in [2.75, 3.05) is 20.8 Å². The standard InChI is InChI=1S/C20H18ClNO3/c1-4-9-25-18-8-6-17(21)11-15(18)10-16(13-22)14-5-7-19(23-2)20(12-14)24-3/h4-8,10-12H,1,9H2,2-3H3/b16-10+. The molecule has 2 aromatic carbocycles. The molecule has 0 aliphatic carbocycles. The summed E-state index contributed by atoms with van der Waals surface area (Å²) >= 11 is 6.09. The van der Waals surface area contributed by atoms with Crippen molar-refractivity contribution in [2.24, 2.45) is 0 Å². The highest BCUT2D eigenvalue weighted by Crippen LogP contribution is 2.32. The van der Waals surface area contributed by atoms with Crippen molar-refractivity contribution in [1.29, 1.82) is 5.26 Å². The summed E-state index contributed by atoms with van der Waals surface area (Å²) in [5, 5.41) is 10.1. The lowest BCUT2D eigenvalue weighted by Crippen LogP contribution is -1.95. The molecule has 0 fully saturated rings. The molecule has 0 bridgehead atoms. The maximum atomic E-state index is 9.59. The number of hydrogen-bond donors (Lipinski definition) is 0. The van der Waals surface area contributed by atoms with E-state index in [2.05, 4.69) is 12.6 Å². The fourth-order valence-electron chi connectivity index (χ4n) is 2.25. The Morgan fingerprint density at radius 3 is 2.48 bits per heavy atom. The molecule has 0 atom stereocenters. The van der Waals surface area contributed by atoms with Crippen LogP contribution < -0.4 is 14.2 Å². The molecule has 0 N–H and O–H groups in total. The first-order valence-corrected chi connectivity index (χ1v) is 7.88. The Kier molecular flexibility index (Phi) is 6.50. The van der Waals surface area contributed by atoms with E-state index in [4.69, 9.17) is 25.8 Å². The maximum Gasteiger partial charge on any atom is 0.161 e. The van der Waals surface area contributed by atoms with Gasteiger partial charge in [-0.2, -0.15) is 5.26 Å². The molecule has 0 unspecified atom stereocenters. The van der Waals surface area contributed by atoms with Crippen LogP contribution in [0, 0.1) is 11.3 Å².